The predicted octanol–water partition coefficient (Wildman–Crippen LogP) is 2.13. The number of nitrogens with zero attached hydrogens (tertiary/aromatic N) is 1. The maximum atomic E-state index is 12.1. The van der Waals surface area contributed by atoms with Crippen molar-refractivity contribution in [2.75, 3.05) is 19.6 Å². The zero-order valence-electron chi connectivity index (χ0n) is 13.7. The zero-order valence-corrected chi connectivity index (χ0v) is 13.7. The number of amides is 1. The van der Waals surface area contributed by atoms with E-state index in [1.54, 1.807) is 0 Å². The number of hydrogen-bond acceptors (Lipinski definition) is 3. The van der Waals surface area contributed by atoms with Crippen molar-refractivity contribution in [1.29, 1.82) is 0 Å². The fourth-order valence-electron chi connectivity index (χ4n) is 3.53. The van der Waals surface area contributed by atoms with E-state index in [9.17, 15) is 4.79 Å². The fraction of sp³-hybridized carbons (Fsp3) is 0.938. The largest absolute Gasteiger partial charge is 0.353 e. The highest BCUT2D eigenvalue weighted by molar-refractivity contribution is 5.78. The van der Waals surface area contributed by atoms with E-state index in [2.05, 4.69) is 24.1 Å². The van der Waals surface area contributed by atoms with Gasteiger partial charge in [-0.15, -0.1) is 0 Å². The Morgan fingerprint density at radius 2 is 2.20 bits per heavy atom. The molecular weight excluding hydrogens is 250 g/mol. The molecule has 0 aromatic heterocycles. The van der Waals surface area contributed by atoms with Crippen LogP contribution >= 0.6 is 0 Å². The standard InChI is InChI=1S/C16H33N3O/c1-5-9-19(11-15(20)18-13(2)3)16(12-17)8-6-7-14(4)10-16/h13-14H,5-12,17H2,1-4H3,(H,18,20). The van der Waals surface area contributed by atoms with Crippen LogP contribution < -0.4 is 11.1 Å². The van der Waals surface area contributed by atoms with E-state index >= 15 is 0 Å². The lowest BCUT2D eigenvalue weighted by molar-refractivity contribution is -0.125. The molecule has 4 heteroatoms. The summed E-state index contributed by atoms with van der Waals surface area (Å²) in [6.45, 7) is 10.6. The lowest BCUT2D eigenvalue weighted by Crippen LogP contribution is -2.58. The van der Waals surface area contributed by atoms with Crippen molar-refractivity contribution in [3.05, 3.63) is 0 Å². The summed E-state index contributed by atoms with van der Waals surface area (Å²) < 4.78 is 0. The monoisotopic (exact) mass is 283 g/mol. The van der Waals surface area contributed by atoms with Crippen LogP contribution in [0.25, 0.3) is 0 Å². The number of nitrogens with one attached hydrogen (secondary N) is 1. The van der Waals surface area contributed by atoms with Gasteiger partial charge in [-0.05, 0) is 45.6 Å². The molecule has 0 spiro atoms. The van der Waals surface area contributed by atoms with Crippen molar-refractivity contribution in [3.63, 3.8) is 0 Å². The highest BCUT2D eigenvalue weighted by Crippen LogP contribution is 2.36. The average Bonchev–Trinajstić information content (AvgIpc) is 2.37. The molecule has 2 unspecified atom stereocenters. The molecule has 1 saturated carbocycles. The maximum Gasteiger partial charge on any atom is 0.234 e. The Balaban J connectivity index is 2.78. The molecule has 118 valence electrons. The second kappa shape index (κ2) is 7.99. The molecule has 2 atom stereocenters. The van der Waals surface area contributed by atoms with E-state index < -0.39 is 0 Å². The minimum Gasteiger partial charge on any atom is -0.353 e. The van der Waals surface area contributed by atoms with Gasteiger partial charge in [-0.1, -0.05) is 26.7 Å². The molecule has 1 aliphatic carbocycles. The SMILES string of the molecule is CCCN(CC(=O)NC(C)C)C1(CN)CCCC(C)C1. The molecule has 0 radical (unpaired) electrons. The Morgan fingerprint density at radius 1 is 1.50 bits per heavy atom. The van der Waals surface area contributed by atoms with Crippen LogP contribution in [0.15, 0.2) is 0 Å². The van der Waals surface area contributed by atoms with Crippen molar-refractivity contribution < 1.29 is 4.79 Å². The van der Waals surface area contributed by atoms with E-state index in [1.807, 2.05) is 13.8 Å². The van der Waals surface area contributed by atoms with E-state index in [0.29, 0.717) is 19.0 Å². The molecule has 1 aliphatic rings. The summed E-state index contributed by atoms with van der Waals surface area (Å²) in [7, 11) is 0. The first-order valence-corrected chi connectivity index (χ1v) is 8.18. The fourth-order valence-corrected chi connectivity index (χ4v) is 3.53. The van der Waals surface area contributed by atoms with Crippen LogP contribution in [0.2, 0.25) is 0 Å². The molecule has 0 heterocycles. The minimum absolute atomic E-state index is 0.0298. The number of carbonyl (C=O) groups excluding carboxylic acids is 1. The lowest BCUT2D eigenvalue weighted by atomic mass is 9.75. The zero-order chi connectivity index (χ0) is 15.2. The Morgan fingerprint density at radius 3 is 2.70 bits per heavy atom. The van der Waals surface area contributed by atoms with Crippen molar-refractivity contribution in [2.45, 2.75) is 71.4 Å². The topological polar surface area (TPSA) is 58.4 Å². The Labute approximate surface area is 124 Å². The molecule has 0 aliphatic heterocycles. The third kappa shape index (κ3) is 4.74. The van der Waals surface area contributed by atoms with Gasteiger partial charge >= 0.3 is 0 Å². The number of carbonyl (C=O) groups is 1. The van der Waals surface area contributed by atoms with Crippen LogP contribution in [-0.4, -0.2) is 42.0 Å². The first kappa shape index (κ1) is 17.4. The van der Waals surface area contributed by atoms with Crippen LogP contribution in [0.3, 0.4) is 0 Å². The smallest absolute Gasteiger partial charge is 0.234 e. The highest BCUT2D eigenvalue weighted by atomic mass is 16.2. The van der Waals surface area contributed by atoms with Gasteiger partial charge < -0.3 is 11.1 Å². The van der Waals surface area contributed by atoms with Crippen LogP contribution in [0.1, 0.15) is 59.8 Å². The molecule has 1 amide bonds. The van der Waals surface area contributed by atoms with Crippen LogP contribution in [0.4, 0.5) is 0 Å². The van der Waals surface area contributed by atoms with E-state index in [0.717, 1.165) is 25.8 Å². The van der Waals surface area contributed by atoms with Gasteiger partial charge in [-0.3, -0.25) is 9.69 Å². The lowest BCUT2D eigenvalue weighted by Gasteiger charge is -2.47. The molecule has 1 rings (SSSR count). The second-order valence-corrected chi connectivity index (χ2v) is 6.77. The van der Waals surface area contributed by atoms with Crippen LogP contribution in [-0.2, 0) is 4.79 Å². The van der Waals surface area contributed by atoms with Crippen molar-refractivity contribution in [3.8, 4) is 0 Å². The van der Waals surface area contributed by atoms with E-state index in [1.165, 1.54) is 12.8 Å². The third-order valence-electron chi connectivity index (χ3n) is 4.40. The number of nitrogens with two attached hydrogens (primary N) is 1. The van der Waals surface area contributed by atoms with Crippen molar-refractivity contribution in [1.82, 2.24) is 10.2 Å². The summed E-state index contributed by atoms with van der Waals surface area (Å²) in [5, 5.41) is 3.00. The molecule has 0 bridgehead atoms. The number of hydrogen-bond donors (Lipinski definition) is 2. The maximum absolute atomic E-state index is 12.1. The molecule has 4 nitrogen and oxygen atoms in total. The normalized spacial score (nSPS) is 27.1. The van der Waals surface area contributed by atoms with Crippen molar-refractivity contribution >= 4 is 5.91 Å². The van der Waals surface area contributed by atoms with Gasteiger partial charge in [0.25, 0.3) is 0 Å². The molecule has 0 saturated heterocycles. The van der Waals surface area contributed by atoms with Gasteiger partial charge in [0.05, 0.1) is 6.54 Å². The highest BCUT2D eigenvalue weighted by Gasteiger charge is 2.39. The van der Waals surface area contributed by atoms with Crippen LogP contribution in [0, 0.1) is 5.92 Å². The summed E-state index contributed by atoms with van der Waals surface area (Å²) in [6.07, 6.45) is 5.83. The van der Waals surface area contributed by atoms with Gasteiger partial charge in [0.2, 0.25) is 5.91 Å². The molecule has 3 N–H and O–H groups in total. The molecular formula is C16H33N3O. The molecule has 0 aromatic carbocycles. The van der Waals surface area contributed by atoms with E-state index in [4.69, 9.17) is 5.73 Å². The molecule has 20 heavy (non-hydrogen) atoms. The minimum atomic E-state index is 0.0298. The summed E-state index contributed by atoms with van der Waals surface area (Å²) in [6, 6.07) is 0.199. The first-order chi connectivity index (χ1) is 9.43. The summed E-state index contributed by atoms with van der Waals surface area (Å²) in [4.78, 5) is 14.5. The Kier molecular flexibility index (Phi) is 6.96. The van der Waals surface area contributed by atoms with Gasteiger partial charge in [-0.25, -0.2) is 0 Å². The van der Waals surface area contributed by atoms with Gasteiger partial charge in [0.1, 0.15) is 0 Å². The van der Waals surface area contributed by atoms with Crippen molar-refractivity contribution in [2.24, 2.45) is 11.7 Å². The third-order valence-corrected chi connectivity index (χ3v) is 4.40. The van der Waals surface area contributed by atoms with Gasteiger partial charge in [0.15, 0.2) is 0 Å². The summed E-state index contributed by atoms with van der Waals surface area (Å²) in [5.74, 6) is 0.833. The number of rotatable bonds is 7. The summed E-state index contributed by atoms with van der Waals surface area (Å²) >= 11 is 0. The second-order valence-electron chi connectivity index (χ2n) is 6.77. The van der Waals surface area contributed by atoms with Crippen LogP contribution in [0.5, 0.6) is 0 Å². The molecule has 1 fully saturated rings. The van der Waals surface area contributed by atoms with Gasteiger partial charge in [0, 0.05) is 18.1 Å². The Bertz CT molecular complexity index is 306. The van der Waals surface area contributed by atoms with E-state index in [-0.39, 0.29) is 17.5 Å². The summed E-state index contributed by atoms with van der Waals surface area (Å²) in [5.41, 5.74) is 6.16. The average molecular weight is 283 g/mol. The first-order valence-electron chi connectivity index (χ1n) is 8.18. The molecule has 0 aromatic rings. The quantitative estimate of drug-likeness (QED) is 0.752. The predicted molar refractivity (Wildman–Crippen MR) is 84.6 cm³/mol. The Hall–Kier alpha value is -0.610. The van der Waals surface area contributed by atoms with Gasteiger partial charge in [-0.2, -0.15) is 0 Å².